The molecule has 7 heteroatoms. The van der Waals surface area contributed by atoms with E-state index in [2.05, 4.69) is 5.16 Å². The monoisotopic (exact) mass is 239 g/mol. The fraction of sp³-hybridized carbons (Fsp3) is 0.889. The molecule has 0 spiro atoms. The first-order chi connectivity index (χ1) is 7.43. The van der Waals surface area contributed by atoms with Crippen molar-refractivity contribution in [2.75, 3.05) is 19.6 Å². The van der Waals surface area contributed by atoms with E-state index < -0.39 is 12.1 Å². The van der Waals surface area contributed by atoms with Gasteiger partial charge in [0.05, 0.1) is 5.92 Å². The maximum atomic E-state index is 12.5. The smallest absolute Gasteiger partial charge is 0.393 e. The first-order valence-electron chi connectivity index (χ1n) is 5.19. The van der Waals surface area contributed by atoms with E-state index in [4.69, 9.17) is 10.9 Å². The molecule has 1 unspecified atom stereocenters. The molecular weight excluding hydrogens is 223 g/mol. The predicted octanol–water partition coefficient (Wildman–Crippen LogP) is 1.40. The van der Waals surface area contributed by atoms with Gasteiger partial charge >= 0.3 is 6.18 Å². The van der Waals surface area contributed by atoms with Crippen molar-refractivity contribution in [1.82, 2.24) is 4.90 Å². The number of alkyl halides is 3. The Morgan fingerprint density at radius 3 is 2.75 bits per heavy atom. The van der Waals surface area contributed by atoms with Gasteiger partial charge in [-0.1, -0.05) is 5.16 Å². The highest BCUT2D eigenvalue weighted by molar-refractivity contribution is 5.79. The van der Waals surface area contributed by atoms with E-state index in [1.807, 2.05) is 0 Å². The van der Waals surface area contributed by atoms with Crippen molar-refractivity contribution in [2.45, 2.75) is 25.4 Å². The summed E-state index contributed by atoms with van der Waals surface area (Å²) in [5.41, 5.74) is 5.26. The van der Waals surface area contributed by atoms with Crippen LogP contribution in [0.1, 0.15) is 19.3 Å². The molecule has 0 aliphatic carbocycles. The lowest BCUT2D eigenvalue weighted by molar-refractivity contribution is -0.186. The summed E-state index contributed by atoms with van der Waals surface area (Å²) in [6, 6.07) is 0. The lowest BCUT2D eigenvalue weighted by atomic mass is 9.97. The fourth-order valence-corrected chi connectivity index (χ4v) is 1.85. The number of rotatable bonds is 3. The molecule has 94 valence electrons. The van der Waals surface area contributed by atoms with Crippen LogP contribution < -0.4 is 5.73 Å². The van der Waals surface area contributed by atoms with Crippen LogP contribution in [0.4, 0.5) is 13.2 Å². The van der Waals surface area contributed by atoms with E-state index in [0.29, 0.717) is 25.9 Å². The normalized spacial score (nSPS) is 24.7. The Balaban J connectivity index is 2.39. The summed E-state index contributed by atoms with van der Waals surface area (Å²) in [5, 5.41) is 11.1. The molecule has 1 aliphatic rings. The zero-order chi connectivity index (χ0) is 12.2. The van der Waals surface area contributed by atoms with Crippen molar-refractivity contribution in [1.29, 1.82) is 0 Å². The van der Waals surface area contributed by atoms with E-state index in [-0.39, 0.29) is 18.8 Å². The lowest BCUT2D eigenvalue weighted by Crippen LogP contribution is -2.42. The van der Waals surface area contributed by atoms with Gasteiger partial charge in [0, 0.05) is 19.5 Å². The fourth-order valence-electron chi connectivity index (χ4n) is 1.85. The van der Waals surface area contributed by atoms with Crippen LogP contribution in [0.3, 0.4) is 0 Å². The molecule has 0 aromatic carbocycles. The van der Waals surface area contributed by atoms with Crippen LogP contribution in [0.2, 0.25) is 0 Å². The second kappa shape index (κ2) is 5.38. The summed E-state index contributed by atoms with van der Waals surface area (Å²) in [5.74, 6) is -1.19. The Morgan fingerprint density at radius 2 is 2.19 bits per heavy atom. The number of nitrogens with zero attached hydrogens (tertiary/aromatic N) is 2. The number of hydrogen-bond donors (Lipinski definition) is 2. The third-order valence-corrected chi connectivity index (χ3v) is 2.78. The molecule has 3 N–H and O–H groups in total. The van der Waals surface area contributed by atoms with E-state index in [1.165, 1.54) is 0 Å². The van der Waals surface area contributed by atoms with Crippen LogP contribution in [0, 0.1) is 5.92 Å². The Labute approximate surface area is 91.9 Å². The third-order valence-electron chi connectivity index (χ3n) is 2.78. The molecule has 1 saturated heterocycles. The topological polar surface area (TPSA) is 61.8 Å². The van der Waals surface area contributed by atoms with Gasteiger partial charge in [0.1, 0.15) is 5.84 Å². The van der Waals surface area contributed by atoms with E-state index in [1.54, 1.807) is 4.90 Å². The van der Waals surface area contributed by atoms with E-state index >= 15 is 0 Å². The summed E-state index contributed by atoms with van der Waals surface area (Å²) >= 11 is 0. The molecule has 1 aliphatic heterocycles. The Bertz CT molecular complexity index is 255. The maximum Gasteiger partial charge on any atom is 0.393 e. The van der Waals surface area contributed by atoms with Crippen molar-refractivity contribution >= 4 is 5.84 Å². The first-order valence-corrected chi connectivity index (χ1v) is 5.19. The van der Waals surface area contributed by atoms with E-state index in [9.17, 15) is 13.2 Å². The molecule has 0 aromatic heterocycles. The SMILES string of the molecule is NC(CCN1CCCC(C(F)(F)F)C1)=NO. The van der Waals surface area contributed by atoms with Gasteiger partial charge in [-0.15, -0.1) is 0 Å². The third kappa shape index (κ3) is 3.88. The molecule has 0 amide bonds. The van der Waals surface area contributed by atoms with Crippen LogP contribution in [-0.4, -0.2) is 41.8 Å². The van der Waals surface area contributed by atoms with Crippen LogP contribution in [0.15, 0.2) is 5.16 Å². The highest BCUT2D eigenvalue weighted by Gasteiger charge is 2.41. The molecule has 4 nitrogen and oxygen atoms in total. The number of oxime groups is 1. The molecule has 1 heterocycles. The predicted molar refractivity (Wildman–Crippen MR) is 53.2 cm³/mol. The molecule has 16 heavy (non-hydrogen) atoms. The highest BCUT2D eigenvalue weighted by Crippen LogP contribution is 2.32. The van der Waals surface area contributed by atoms with Crippen molar-refractivity contribution in [3.8, 4) is 0 Å². The highest BCUT2D eigenvalue weighted by atomic mass is 19.4. The standard InChI is InChI=1S/C9H16F3N3O/c10-9(11,12)7-2-1-4-15(6-7)5-3-8(13)14-16/h7,16H,1-6H2,(H2,13,14). The maximum absolute atomic E-state index is 12.5. The van der Waals surface area contributed by atoms with Crippen molar-refractivity contribution < 1.29 is 18.4 Å². The van der Waals surface area contributed by atoms with Gasteiger partial charge in [0.25, 0.3) is 0 Å². The number of halogens is 3. The summed E-state index contributed by atoms with van der Waals surface area (Å²) in [6.07, 6.45) is -3.08. The average Bonchev–Trinajstić information content (AvgIpc) is 2.25. The number of nitrogens with two attached hydrogens (primary N) is 1. The van der Waals surface area contributed by atoms with E-state index in [0.717, 1.165) is 0 Å². The van der Waals surface area contributed by atoms with Gasteiger partial charge in [0.2, 0.25) is 0 Å². The summed E-state index contributed by atoms with van der Waals surface area (Å²) in [7, 11) is 0. The summed E-state index contributed by atoms with van der Waals surface area (Å²) < 4.78 is 37.4. The Kier molecular flexibility index (Phi) is 4.40. The van der Waals surface area contributed by atoms with Crippen molar-refractivity contribution in [3.63, 3.8) is 0 Å². The summed E-state index contributed by atoms with van der Waals surface area (Å²) in [4.78, 5) is 1.71. The zero-order valence-electron chi connectivity index (χ0n) is 8.87. The molecule has 0 saturated carbocycles. The number of hydrogen-bond acceptors (Lipinski definition) is 3. The average molecular weight is 239 g/mol. The Hall–Kier alpha value is -0.980. The van der Waals surface area contributed by atoms with Crippen LogP contribution >= 0.6 is 0 Å². The van der Waals surface area contributed by atoms with Crippen molar-refractivity contribution in [2.24, 2.45) is 16.8 Å². The number of amidine groups is 1. The Morgan fingerprint density at radius 1 is 1.50 bits per heavy atom. The van der Waals surface area contributed by atoms with Crippen LogP contribution in [0.5, 0.6) is 0 Å². The largest absolute Gasteiger partial charge is 0.409 e. The van der Waals surface area contributed by atoms with Gasteiger partial charge in [-0.25, -0.2) is 0 Å². The minimum absolute atomic E-state index is 0.0161. The van der Waals surface area contributed by atoms with Gasteiger partial charge in [-0.3, -0.25) is 0 Å². The first kappa shape index (κ1) is 13.1. The minimum Gasteiger partial charge on any atom is -0.409 e. The molecular formula is C9H16F3N3O. The molecule has 1 atom stereocenters. The quantitative estimate of drug-likeness (QED) is 0.338. The van der Waals surface area contributed by atoms with Gasteiger partial charge in [0.15, 0.2) is 0 Å². The second-order valence-corrected chi connectivity index (χ2v) is 4.02. The van der Waals surface area contributed by atoms with Crippen molar-refractivity contribution in [3.05, 3.63) is 0 Å². The summed E-state index contributed by atoms with van der Waals surface area (Å²) in [6.45, 7) is 1.07. The zero-order valence-corrected chi connectivity index (χ0v) is 8.87. The minimum atomic E-state index is -4.12. The molecule has 0 aromatic rings. The molecule has 1 rings (SSSR count). The number of piperidine rings is 1. The van der Waals surface area contributed by atoms with Crippen LogP contribution in [0.25, 0.3) is 0 Å². The van der Waals surface area contributed by atoms with Gasteiger partial charge in [-0.2, -0.15) is 13.2 Å². The van der Waals surface area contributed by atoms with Gasteiger partial charge < -0.3 is 15.8 Å². The second-order valence-electron chi connectivity index (χ2n) is 4.02. The molecule has 0 radical (unpaired) electrons. The lowest BCUT2D eigenvalue weighted by Gasteiger charge is -2.33. The molecule has 1 fully saturated rings. The molecule has 0 bridgehead atoms. The van der Waals surface area contributed by atoms with Gasteiger partial charge in [-0.05, 0) is 19.4 Å². The number of likely N-dealkylation sites (tertiary alicyclic amines) is 1. The van der Waals surface area contributed by atoms with Crippen LogP contribution in [-0.2, 0) is 0 Å².